The van der Waals surface area contributed by atoms with Crippen LogP contribution in [0.4, 0.5) is 20.4 Å². The molecule has 1 saturated heterocycles. The predicted molar refractivity (Wildman–Crippen MR) is 114 cm³/mol. The smallest absolute Gasteiger partial charge is 0.280 e. The molecule has 1 aliphatic heterocycles. The van der Waals surface area contributed by atoms with Gasteiger partial charge in [0.05, 0.1) is 18.8 Å². The molecule has 1 fully saturated rings. The SMILES string of the molecule is Cc1cc(Nc2nccc(C(F)F)n2)cc(-c2cnn(CC(O)C3CCCNC3)c2)c1. The molecule has 0 saturated carbocycles. The summed E-state index contributed by atoms with van der Waals surface area (Å²) in [6, 6.07) is 7.01. The molecule has 2 atom stereocenters. The highest BCUT2D eigenvalue weighted by Gasteiger charge is 2.22. The standard InChI is InChI=1S/C22H26F2N6O/c1-14-7-16(9-18(8-14)28-22-26-6-4-19(29-22)21(23)24)17-11-27-30(12-17)13-20(31)15-3-2-5-25-10-15/h4,6-9,11-12,15,20-21,25,31H,2-3,5,10,13H2,1H3,(H,26,28,29). The molecule has 2 aromatic heterocycles. The number of aromatic nitrogens is 4. The highest BCUT2D eigenvalue weighted by Crippen LogP contribution is 2.27. The van der Waals surface area contributed by atoms with Crippen LogP contribution in [0.25, 0.3) is 11.1 Å². The number of hydrogen-bond acceptors (Lipinski definition) is 6. The summed E-state index contributed by atoms with van der Waals surface area (Å²) >= 11 is 0. The van der Waals surface area contributed by atoms with Crippen LogP contribution in [-0.4, -0.2) is 44.0 Å². The number of aryl methyl sites for hydroxylation is 1. The zero-order valence-electron chi connectivity index (χ0n) is 17.3. The number of piperidine rings is 1. The van der Waals surface area contributed by atoms with E-state index in [2.05, 4.69) is 25.7 Å². The first-order chi connectivity index (χ1) is 15.0. The van der Waals surface area contributed by atoms with Crippen molar-refractivity contribution in [2.45, 2.75) is 38.8 Å². The van der Waals surface area contributed by atoms with Crippen LogP contribution in [0.5, 0.6) is 0 Å². The van der Waals surface area contributed by atoms with Crippen molar-refractivity contribution >= 4 is 11.6 Å². The van der Waals surface area contributed by atoms with Crippen LogP contribution in [0.1, 0.15) is 30.5 Å². The van der Waals surface area contributed by atoms with Gasteiger partial charge in [0.25, 0.3) is 6.43 Å². The number of rotatable bonds is 7. The van der Waals surface area contributed by atoms with Crippen LogP contribution in [0, 0.1) is 12.8 Å². The van der Waals surface area contributed by atoms with Gasteiger partial charge in [-0.15, -0.1) is 0 Å². The van der Waals surface area contributed by atoms with Gasteiger partial charge in [-0.3, -0.25) is 4.68 Å². The van der Waals surface area contributed by atoms with Crippen molar-refractivity contribution in [2.75, 3.05) is 18.4 Å². The number of nitrogens with one attached hydrogen (secondary N) is 2. The number of anilines is 2. The predicted octanol–water partition coefficient (Wildman–Crippen LogP) is 3.69. The number of hydrogen-bond donors (Lipinski definition) is 3. The molecule has 9 heteroatoms. The lowest BCUT2D eigenvalue weighted by Crippen LogP contribution is -2.38. The Morgan fingerprint density at radius 2 is 2.16 bits per heavy atom. The minimum absolute atomic E-state index is 0.120. The summed E-state index contributed by atoms with van der Waals surface area (Å²) in [6.45, 7) is 4.24. The molecule has 0 bridgehead atoms. The van der Waals surface area contributed by atoms with Gasteiger partial charge in [-0.2, -0.15) is 5.10 Å². The van der Waals surface area contributed by atoms with Crippen LogP contribution in [-0.2, 0) is 6.54 Å². The molecule has 31 heavy (non-hydrogen) atoms. The van der Waals surface area contributed by atoms with E-state index in [1.165, 1.54) is 12.3 Å². The molecule has 2 unspecified atom stereocenters. The Morgan fingerprint density at radius 3 is 2.94 bits per heavy atom. The largest absolute Gasteiger partial charge is 0.391 e. The minimum atomic E-state index is -2.65. The third-order valence-corrected chi connectivity index (χ3v) is 5.45. The highest BCUT2D eigenvalue weighted by atomic mass is 19.3. The van der Waals surface area contributed by atoms with Crippen molar-refractivity contribution in [3.63, 3.8) is 0 Å². The molecule has 0 spiro atoms. The number of aliphatic hydroxyl groups is 1. The van der Waals surface area contributed by atoms with Crippen LogP contribution in [0.15, 0.2) is 42.9 Å². The minimum Gasteiger partial charge on any atom is -0.391 e. The third-order valence-electron chi connectivity index (χ3n) is 5.45. The molecule has 0 amide bonds. The van der Waals surface area contributed by atoms with E-state index in [0.717, 1.165) is 42.6 Å². The molecule has 4 rings (SSSR count). The molecule has 0 aliphatic carbocycles. The molecule has 0 radical (unpaired) electrons. The van der Waals surface area contributed by atoms with E-state index in [-0.39, 0.29) is 17.6 Å². The number of alkyl halides is 2. The van der Waals surface area contributed by atoms with E-state index in [4.69, 9.17) is 0 Å². The zero-order valence-corrected chi connectivity index (χ0v) is 17.3. The maximum absolute atomic E-state index is 12.9. The summed E-state index contributed by atoms with van der Waals surface area (Å²) in [6.07, 6.45) is 3.98. The second-order valence-corrected chi connectivity index (χ2v) is 7.94. The molecule has 1 aliphatic rings. The quantitative estimate of drug-likeness (QED) is 0.532. The topological polar surface area (TPSA) is 87.9 Å². The highest BCUT2D eigenvalue weighted by molar-refractivity contribution is 5.70. The van der Waals surface area contributed by atoms with Crippen LogP contribution in [0.3, 0.4) is 0 Å². The lowest BCUT2D eigenvalue weighted by molar-refractivity contribution is 0.0730. The van der Waals surface area contributed by atoms with E-state index in [0.29, 0.717) is 12.2 Å². The second kappa shape index (κ2) is 9.49. The van der Waals surface area contributed by atoms with E-state index in [1.54, 1.807) is 10.9 Å². The monoisotopic (exact) mass is 428 g/mol. The summed E-state index contributed by atoms with van der Waals surface area (Å²) in [7, 11) is 0. The van der Waals surface area contributed by atoms with E-state index in [9.17, 15) is 13.9 Å². The van der Waals surface area contributed by atoms with E-state index < -0.39 is 12.5 Å². The number of benzene rings is 1. The molecular formula is C22H26F2N6O. The lowest BCUT2D eigenvalue weighted by atomic mass is 9.94. The zero-order chi connectivity index (χ0) is 21.8. The molecule has 1 aromatic carbocycles. The molecule has 3 aromatic rings. The first-order valence-corrected chi connectivity index (χ1v) is 10.4. The Balaban J connectivity index is 1.49. The molecule has 7 nitrogen and oxygen atoms in total. The fourth-order valence-electron chi connectivity index (χ4n) is 3.87. The van der Waals surface area contributed by atoms with Gasteiger partial charge in [0.1, 0.15) is 5.69 Å². The average Bonchev–Trinajstić information content (AvgIpc) is 3.22. The Morgan fingerprint density at radius 1 is 1.29 bits per heavy atom. The van der Waals surface area contributed by atoms with Crippen molar-refractivity contribution in [3.8, 4) is 11.1 Å². The van der Waals surface area contributed by atoms with Gasteiger partial charge in [-0.05, 0) is 61.6 Å². The second-order valence-electron chi connectivity index (χ2n) is 7.94. The van der Waals surface area contributed by atoms with Gasteiger partial charge in [-0.25, -0.2) is 18.7 Å². The summed E-state index contributed by atoms with van der Waals surface area (Å²) in [5.74, 6) is 0.356. The Hall–Kier alpha value is -2.91. The molecule has 3 heterocycles. The lowest BCUT2D eigenvalue weighted by Gasteiger charge is -2.27. The van der Waals surface area contributed by atoms with Gasteiger partial charge in [0.2, 0.25) is 5.95 Å². The third kappa shape index (κ3) is 5.42. The summed E-state index contributed by atoms with van der Waals surface area (Å²) in [4.78, 5) is 7.88. The number of nitrogens with zero attached hydrogens (tertiary/aromatic N) is 4. The Bertz CT molecular complexity index is 1020. The molecule has 164 valence electrons. The van der Waals surface area contributed by atoms with E-state index >= 15 is 0 Å². The normalized spacial score (nSPS) is 17.6. The van der Waals surface area contributed by atoms with Crippen LogP contribution >= 0.6 is 0 Å². The Kier molecular flexibility index (Phi) is 6.53. The maximum atomic E-state index is 12.9. The van der Waals surface area contributed by atoms with Gasteiger partial charge < -0.3 is 15.7 Å². The van der Waals surface area contributed by atoms with Gasteiger partial charge in [0.15, 0.2) is 0 Å². The molecule has 3 N–H and O–H groups in total. The average molecular weight is 428 g/mol. The van der Waals surface area contributed by atoms with Crippen LogP contribution in [0.2, 0.25) is 0 Å². The fourth-order valence-corrected chi connectivity index (χ4v) is 3.87. The fraction of sp³-hybridized carbons (Fsp3) is 0.409. The maximum Gasteiger partial charge on any atom is 0.280 e. The van der Waals surface area contributed by atoms with Crippen molar-refractivity contribution < 1.29 is 13.9 Å². The number of aliphatic hydroxyl groups excluding tert-OH is 1. The van der Waals surface area contributed by atoms with Gasteiger partial charge in [-0.1, -0.05) is 6.07 Å². The van der Waals surface area contributed by atoms with Gasteiger partial charge in [0, 0.05) is 30.2 Å². The summed E-state index contributed by atoms with van der Waals surface area (Å²) in [5, 5.41) is 21.3. The first kappa shape index (κ1) is 21.3. The van der Waals surface area contributed by atoms with Crippen molar-refractivity contribution in [3.05, 3.63) is 54.1 Å². The first-order valence-electron chi connectivity index (χ1n) is 10.4. The summed E-state index contributed by atoms with van der Waals surface area (Å²) in [5.41, 5.74) is 3.20. The van der Waals surface area contributed by atoms with Crippen molar-refractivity contribution in [1.29, 1.82) is 0 Å². The molecular weight excluding hydrogens is 402 g/mol. The summed E-state index contributed by atoms with van der Waals surface area (Å²) < 4.78 is 27.6. The Labute approximate surface area is 179 Å². The van der Waals surface area contributed by atoms with Gasteiger partial charge >= 0.3 is 0 Å². The van der Waals surface area contributed by atoms with Crippen molar-refractivity contribution in [2.24, 2.45) is 5.92 Å². The van der Waals surface area contributed by atoms with E-state index in [1.807, 2.05) is 31.3 Å². The van der Waals surface area contributed by atoms with Crippen LogP contribution < -0.4 is 10.6 Å². The number of halogens is 2. The van der Waals surface area contributed by atoms with Crippen molar-refractivity contribution in [1.82, 2.24) is 25.1 Å².